The minimum absolute atomic E-state index is 0.219. The smallest absolute Gasteiger partial charge is 0.249 e. The molecule has 5 nitrogen and oxygen atoms in total. The molecule has 2 heterocycles. The fraction of sp³-hybridized carbons (Fsp3) is 0.364. The number of anilines is 1. The lowest BCUT2D eigenvalue weighted by Gasteiger charge is -2.22. The van der Waals surface area contributed by atoms with E-state index in [4.69, 9.17) is 0 Å². The number of hydrogen-bond donors (Lipinski definition) is 2. The quantitative estimate of drug-likeness (QED) is 0.809. The molecule has 2 rings (SSSR count). The Morgan fingerprint density at radius 3 is 2.94 bits per heavy atom. The predicted molar refractivity (Wildman–Crippen MR) is 66.5 cm³/mol. The SMILES string of the molecule is Cc1cnc(NC2CCC(=O)NC2=O)c(Br)c1. The van der Waals surface area contributed by atoms with Crippen LogP contribution in [0.25, 0.3) is 0 Å². The van der Waals surface area contributed by atoms with Crippen LogP contribution in [0.1, 0.15) is 18.4 Å². The van der Waals surface area contributed by atoms with E-state index in [0.29, 0.717) is 18.7 Å². The van der Waals surface area contributed by atoms with Gasteiger partial charge in [0.1, 0.15) is 11.9 Å². The first kappa shape index (κ1) is 12.0. The number of amides is 2. The highest BCUT2D eigenvalue weighted by Gasteiger charge is 2.26. The van der Waals surface area contributed by atoms with Crippen molar-refractivity contribution in [2.24, 2.45) is 0 Å². The number of hydrogen-bond acceptors (Lipinski definition) is 4. The van der Waals surface area contributed by atoms with E-state index in [-0.39, 0.29) is 11.8 Å². The molecule has 6 heteroatoms. The zero-order valence-electron chi connectivity index (χ0n) is 9.29. The van der Waals surface area contributed by atoms with E-state index in [0.717, 1.165) is 10.0 Å². The number of aryl methyl sites for hydroxylation is 1. The van der Waals surface area contributed by atoms with Gasteiger partial charge < -0.3 is 5.32 Å². The highest BCUT2D eigenvalue weighted by molar-refractivity contribution is 9.10. The van der Waals surface area contributed by atoms with Gasteiger partial charge in [0.05, 0.1) is 4.47 Å². The number of carbonyl (C=O) groups excluding carboxylic acids is 2. The summed E-state index contributed by atoms with van der Waals surface area (Å²) in [7, 11) is 0. The summed E-state index contributed by atoms with van der Waals surface area (Å²) in [4.78, 5) is 26.8. The molecule has 0 aliphatic carbocycles. The molecule has 1 unspecified atom stereocenters. The number of nitrogens with one attached hydrogen (secondary N) is 2. The zero-order valence-corrected chi connectivity index (χ0v) is 10.9. The average molecular weight is 298 g/mol. The first-order chi connectivity index (χ1) is 8.06. The molecule has 17 heavy (non-hydrogen) atoms. The highest BCUT2D eigenvalue weighted by atomic mass is 79.9. The fourth-order valence-electron chi connectivity index (χ4n) is 1.64. The van der Waals surface area contributed by atoms with Crippen molar-refractivity contribution in [2.75, 3.05) is 5.32 Å². The summed E-state index contributed by atoms with van der Waals surface area (Å²) in [6, 6.07) is 1.51. The van der Waals surface area contributed by atoms with Gasteiger partial charge in [-0.3, -0.25) is 14.9 Å². The second-order valence-electron chi connectivity index (χ2n) is 3.99. The second kappa shape index (κ2) is 4.83. The van der Waals surface area contributed by atoms with Crippen LogP contribution in [-0.2, 0) is 9.59 Å². The maximum atomic E-state index is 11.5. The fourth-order valence-corrected chi connectivity index (χ4v) is 2.21. The van der Waals surface area contributed by atoms with E-state index in [2.05, 4.69) is 31.5 Å². The lowest BCUT2D eigenvalue weighted by molar-refractivity contribution is -0.133. The molecule has 2 N–H and O–H groups in total. The maximum absolute atomic E-state index is 11.5. The molecule has 0 saturated carbocycles. The van der Waals surface area contributed by atoms with Crippen LogP contribution in [0, 0.1) is 6.92 Å². The Kier molecular flexibility index (Phi) is 3.42. The topological polar surface area (TPSA) is 71.1 Å². The summed E-state index contributed by atoms with van der Waals surface area (Å²) in [5.41, 5.74) is 1.03. The zero-order chi connectivity index (χ0) is 12.4. The van der Waals surface area contributed by atoms with Gasteiger partial charge in [0.25, 0.3) is 0 Å². The molecule has 1 aromatic heterocycles. The number of aromatic nitrogens is 1. The normalized spacial score (nSPS) is 20.0. The molecule has 1 aliphatic heterocycles. The van der Waals surface area contributed by atoms with Crippen LogP contribution in [0.2, 0.25) is 0 Å². The molecule has 0 aromatic carbocycles. The first-order valence-corrected chi connectivity index (χ1v) is 6.08. The van der Waals surface area contributed by atoms with E-state index in [9.17, 15) is 9.59 Å². The van der Waals surface area contributed by atoms with E-state index >= 15 is 0 Å². The number of rotatable bonds is 2. The van der Waals surface area contributed by atoms with Crippen molar-refractivity contribution in [3.8, 4) is 0 Å². The van der Waals surface area contributed by atoms with Crippen LogP contribution >= 0.6 is 15.9 Å². The molecule has 1 fully saturated rings. The molecule has 1 atom stereocenters. The van der Waals surface area contributed by atoms with Gasteiger partial charge in [-0.2, -0.15) is 0 Å². The number of halogens is 1. The van der Waals surface area contributed by atoms with Crippen LogP contribution in [0.3, 0.4) is 0 Å². The summed E-state index contributed by atoms with van der Waals surface area (Å²) < 4.78 is 0.808. The number of imide groups is 1. The first-order valence-electron chi connectivity index (χ1n) is 5.28. The third-order valence-electron chi connectivity index (χ3n) is 2.53. The molecule has 2 amide bonds. The minimum Gasteiger partial charge on any atom is -0.357 e. The van der Waals surface area contributed by atoms with E-state index in [1.807, 2.05) is 13.0 Å². The summed E-state index contributed by atoms with van der Waals surface area (Å²) >= 11 is 3.38. The Balaban J connectivity index is 2.10. The van der Waals surface area contributed by atoms with Gasteiger partial charge in [-0.1, -0.05) is 0 Å². The van der Waals surface area contributed by atoms with Crippen molar-refractivity contribution in [2.45, 2.75) is 25.8 Å². The van der Waals surface area contributed by atoms with Gasteiger partial charge in [-0.25, -0.2) is 4.98 Å². The number of piperidine rings is 1. The van der Waals surface area contributed by atoms with Crippen molar-refractivity contribution in [3.63, 3.8) is 0 Å². The van der Waals surface area contributed by atoms with Crippen molar-refractivity contribution < 1.29 is 9.59 Å². The molecule has 90 valence electrons. The Hall–Kier alpha value is -1.43. The van der Waals surface area contributed by atoms with E-state index < -0.39 is 6.04 Å². The van der Waals surface area contributed by atoms with Crippen LogP contribution in [0.15, 0.2) is 16.7 Å². The third kappa shape index (κ3) is 2.82. The molecule has 0 bridgehead atoms. The minimum atomic E-state index is -0.404. The van der Waals surface area contributed by atoms with Gasteiger partial charge >= 0.3 is 0 Å². The monoisotopic (exact) mass is 297 g/mol. The Labute approximate surface area is 107 Å². The van der Waals surface area contributed by atoms with Gasteiger partial charge in [0.2, 0.25) is 11.8 Å². The Morgan fingerprint density at radius 1 is 1.53 bits per heavy atom. The summed E-state index contributed by atoms with van der Waals surface area (Å²) in [5.74, 6) is 0.101. The predicted octanol–water partition coefficient (Wildman–Crippen LogP) is 1.37. The number of carbonyl (C=O) groups is 2. The van der Waals surface area contributed by atoms with Gasteiger partial charge in [-0.15, -0.1) is 0 Å². The van der Waals surface area contributed by atoms with Crippen LogP contribution in [0.4, 0.5) is 5.82 Å². The third-order valence-corrected chi connectivity index (χ3v) is 3.13. The molecule has 1 aromatic rings. The van der Waals surface area contributed by atoms with Gasteiger partial charge in [-0.05, 0) is 40.9 Å². The van der Waals surface area contributed by atoms with E-state index in [1.165, 1.54) is 0 Å². The highest BCUT2D eigenvalue weighted by Crippen LogP contribution is 2.22. The number of pyridine rings is 1. The standard InChI is InChI=1S/C11H12BrN3O2/c1-6-4-7(12)10(13-5-6)14-8-2-3-9(16)15-11(8)17/h4-5,8H,2-3H2,1H3,(H,13,14)(H,15,16,17). The largest absolute Gasteiger partial charge is 0.357 e. The molecular weight excluding hydrogens is 286 g/mol. The molecule has 0 spiro atoms. The van der Waals surface area contributed by atoms with Crippen LogP contribution in [0.5, 0.6) is 0 Å². The molecule has 0 radical (unpaired) electrons. The summed E-state index contributed by atoms with van der Waals surface area (Å²) in [6.45, 7) is 1.94. The van der Waals surface area contributed by atoms with Crippen LogP contribution < -0.4 is 10.6 Å². The van der Waals surface area contributed by atoms with Gasteiger partial charge in [0.15, 0.2) is 0 Å². The second-order valence-corrected chi connectivity index (χ2v) is 4.85. The maximum Gasteiger partial charge on any atom is 0.249 e. The molecule has 1 aliphatic rings. The Bertz CT molecular complexity index is 476. The Morgan fingerprint density at radius 2 is 2.29 bits per heavy atom. The van der Waals surface area contributed by atoms with Crippen LogP contribution in [-0.4, -0.2) is 22.8 Å². The van der Waals surface area contributed by atoms with Crippen molar-refractivity contribution in [3.05, 3.63) is 22.3 Å². The van der Waals surface area contributed by atoms with Gasteiger partial charge in [0, 0.05) is 12.6 Å². The van der Waals surface area contributed by atoms with E-state index in [1.54, 1.807) is 6.20 Å². The number of nitrogens with zero attached hydrogens (tertiary/aromatic N) is 1. The van der Waals surface area contributed by atoms with Crippen molar-refractivity contribution in [1.82, 2.24) is 10.3 Å². The molecule has 1 saturated heterocycles. The van der Waals surface area contributed by atoms with Crippen molar-refractivity contribution in [1.29, 1.82) is 0 Å². The molecular formula is C11H12BrN3O2. The summed E-state index contributed by atoms with van der Waals surface area (Å²) in [6.07, 6.45) is 2.57. The van der Waals surface area contributed by atoms with Crippen molar-refractivity contribution >= 4 is 33.6 Å². The lowest BCUT2D eigenvalue weighted by Crippen LogP contribution is -2.47. The lowest BCUT2D eigenvalue weighted by atomic mass is 10.1. The average Bonchev–Trinajstić information content (AvgIpc) is 2.25. The summed E-state index contributed by atoms with van der Waals surface area (Å²) in [5, 5.41) is 5.32.